The first-order valence-electron chi connectivity index (χ1n) is 4.45. The van der Waals surface area contributed by atoms with Gasteiger partial charge in [-0.05, 0) is 12.1 Å². The molecule has 2 aromatic rings. The van der Waals surface area contributed by atoms with Gasteiger partial charge in [-0.25, -0.2) is 8.42 Å². The van der Waals surface area contributed by atoms with Crippen molar-refractivity contribution in [2.45, 2.75) is 4.90 Å². The highest BCUT2D eigenvalue weighted by atomic mass is 32.2. The first-order valence-corrected chi connectivity index (χ1v) is 5.93. The molecule has 0 fully saturated rings. The molecule has 16 heavy (non-hydrogen) atoms. The molecule has 1 aromatic heterocycles. The van der Waals surface area contributed by atoms with Crippen molar-refractivity contribution in [2.75, 3.05) is 0 Å². The first-order chi connectivity index (χ1) is 7.65. The van der Waals surface area contributed by atoms with Crippen molar-refractivity contribution < 1.29 is 13.2 Å². The van der Waals surface area contributed by atoms with Gasteiger partial charge in [0.25, 0.3) is 10.0 Å². The van der Waals surface area contributed by atoms with Gasteiger partial charge in [-0.15, -0.1) is 0 Å². The van der Waals surface area contributed by atoms with Crippen LogP contribution in [0.15, 0.2) is 41.4 Å². The van der Waals surface area contributed by atoms with E-state index in [0.717, 1.165) is 0 Å². The number of aromatic nitrogens is 1. The van der Waals surface area contributed by atoms with Gasteiger partial charge in [0, 0.05) is 11.6 Å². The zero-order valence-corrected chi connectivity index (χ0v) is 8.94. The molecular formula is C10H8N2O3S. The van der Waals surface area contributed by atoms with E-state index in [1.807, 2.05) is 0 Å². The predicted octanol–water partition coefficient (Wildman–Crippen LogP) is 0.669. The molecule has 0 unspecified atom stereocenters. The Bertz CT molecular complexity index is 632. The van der Waals surface area contributed by atoms with E-state index in [4.69, 9.17) is 0 Å². The molecule has 0 aliphatic heterocycles. The van der Waals surface area contributed by atoms with Crippen molar-refractivity contribution in [2.24, 2.45) is 0 Å². The quantitative estimate of drug-likeness (QED) is 0.795. The Labute approximate surface area is 92.2 Å². The molecule has 0 saturated carbocycles. The summed E-state index contributed by atoms with van der Waals surface area (Å²) in [6, 6.07) is 8.22. The van der Waals surface area contributed by atoms with Crippen LogP contribution in [0.5, 0.6) is 0 Å². The monoisotopic (exact) mass is 236 g/mol. The van der Waals surface area contributed by atoms with Crippen molar-refractivity contribution in [1.82, 2.24) is 9.71 Å². The van der Waals surface area contributed by atoms with E-state index in [2.05, 4.69) is 4.98 Å². The van der Waals surface area contributed by atoms with Crippen LogP contribution in [0.4, 0.5) is 0 Å². The molecule has 0 saturated heterocycles. The molecule has 0 aliphatic rings. The Hall–Kier alpha value is -1.95. The maximum Gasteiger partial charge on any atom is 0.266 e. The van der Waals surface area contributed by atoms with Crippen molar-refractivity contribution >= 4 is 27.3 Å². The number of fused-ring (bicyclic) bond motifs is 1. The topological polar surface area (TPSA) is 76.1 Å². The molecule has 1 N–H and O–H groups in total. The number of nitrogens with zero attached hydrogens (tertiary/aromatic N) is 1. The number of sulfonamides is 1. The van der Waals surface area contributed by atoms with Crippen molar-refractivity contribution in [1.29, 1.82) is 0 Å². The van der Waals surface area contributed by atoms with E-state index >= 15 is 0 Å². The number of hydrogen-bond acceptors (Lipinski definition) is 4. The molecule has 0 aliphatic carbocycles. The average Bonchev–Trinajstić information content (AvgIpc) is 2.28. The largest absolute Gasteiger partial charge is 0.278 e. The number of amides is 1. The maximum atomic E-state index is 11.7. The first kappa shape index (κ1) is 10.6. The Morgan fingerprint density at radius 3 is 2.69 bits per heavy atom. The summed E-state index contributed by atoms with van der Waals surface area (Å²) in [7, 11) is -3.82. The second-order valence-corrected chi connectivity index (χ2v) is 4.75. The lowest BCUT2D eigenvalue weighted by Gasteiger charge is -2.05. The maximum absolute atomic E-state index is 11.7. The highest BCUT2D eigenvalue weighted by Gasteiger charge is 2.16. The minimum absolute atomic E-state index is 0.00213. The Kier molecular flexibility index (Phi) is 2.57. The van der Waals surface area contributed by atoms with Gasteiger partial charge in [-0.3, -0.25) is 14.5 Å². The van der Waals surface area contributed by atoms with Crippen LogP contribution < -0.4 is 4.72 Å². The minimum Gasteiger partial charge on any atom is -0.278 e. The summed E-state index contributed by atoms with van der Waals surface area (Å²) in [6.45, 7) is 0. The summed E-state index contributed by atoms with van der Waals surface area (Å²) in [4.78, 5) is 14.2. The number of nitrogens with one attached hydrogen (secondary N) is 1. The van der Waals surface area contributed by atoms with Crippen LogP contribution in [-0.2, 0) is 14.8 Å². The van der Waals surface area contributed by atoms with E-state index in [9.17, 15) is 13.2 Å². The van der Waals surface area contributed by atoms with Crippen LogP contribution in [0.25, 0.3) is 10.9 Å². The van der Waals surface area contributed by atoms with Crippen LogP contribution in [0.1, 0.15) is 0 Å². The highest BCUT2D eigenvalue weighted by Crippen LogP contribution is 2.19. The molecule has 5 nitrogen and oxygen atoms in total. The fraction of sp³-hybridized carbons (Fsp3) is 0. The Balaban J connectivity index is 2.75. The lowest BCUT2D eigenvalue weighted by molar-refractivity contribution is -0.108. The summed E-state index contributed by atoms with van der Waals surface area (Å²) in [5.74, 6) is 0. The van der Waals surface area contributed by atoms with Crippen LogP contribution in [0, 0.1) is 0 Å². The standard InChI is InChI=1S/C10H8N2O3S/c13-7-12-16(14,15)9-5-1-3-8-4-2-6-11-10(8)9/h1-7H,(H,12,13). The molecule has 6 heteroatoms. The van der Waals surface area contributed by atoms with Gasteiger partial charge in [0.1, 0.15) is 4.90 Å². The number of carbonyl (C=O) groups excluding carboxylic acids is 1. The van der Waals surface area contributed by atoms with E-state index in [0.29, 0.717) is 10.9 Å². The fourth-order valence-corrected chi connectivity index (χ4v) is 2.36. The number of benzene rings is 1. The van der Waals surface area contributed by atoms with Crippen molar-refractivity contribution in [3.8, 4) is 0 Å². The van der Waals surface area contributed by atoms with E-state index < -0.39 is 10.0 Å². The van der Waals surface area contributed by atoms with E-state index in [1.165, 1.54) is 12.3 Å². The summed E-state index contributed by atoms with van der Waals surface area (Å²) < 4.78 is 25.1. The molecule has 0 spiro atoms. The molecule has 82 valence electrons. The zero-order valence-electron chi connectivity index (χ0n) is 8.12. The third-order valence-electron chi connectivity index (χ3n) is 2.09. The molecule has 2 rings (SSSR count). The van der Waals surface area contributed by atoms with Crippen molar-refractivity contribution in [3.63, 3.8) is 0 Å². The lowest BCUT2D eigenvalue weighted by Crippen LogP contribution is -2.22. The van der Waals surface area contributed by atoms with E-state index in [-0.39, 0.29) is 11.3 Å². The SMILES string of the molecule is O=CNS(=O)(=O)c1cccc2cccnc12. The van der Waals surface area contributed by atoms with Gasteiger partial charge in [0.2, 0.25) is 6.41 Å². The minimum atomic E-state index is -3.82. The fourth-order valence-electron chi connectivity index (χ4n) is 1.42. The van der Waals surface area contributed by atoms with Crippen LogP contribution in [-0.4, -0.2) is 19.8 Å². The number of rotatable bonds is 3. The van der Waals surface area contributed by atoms with Gasteiger partial charge >= 0.3 is 0 Å². The lowest BCUT2D eigenvalue weighted by atomic mass is 10.2. The predicted molar refractivity (Wildman–Crippen MR) is 58.1 cm³/mol. The van der Waals surface area contributed by atoms with Gasteiger partial charge < -0.3 is 0 Å². The van der Waals surface area contributed by atoms with Gasteiger partial charge in [-0.1, -0.05) is 18.2 Å². The van der Waals surface area contributed by atoms with Gasteiger partial charge in [0.15, 0.2) is 0 Å². The zero-order chi connectivity index (χ0) is 11.6. The number of hydrogen-bond donors (Lipinski definition) is 1. The Morgan fingerprint density at radius 1 is 1.19 bits per heavy atom. The van der Waals surface area contributed by atoms with Crippen LogP contribution in [0.3, 0.4) is 0 Å². The number of carbonyl (C=O) groups is 1. The normalized spacial score (nSPS) is 11.2. The second-order valence-electron chi connectivity index (χ2n) is 3.07. The average molecular weight is 236 g/mol. The molecule has 1 heterocycles. The van der Waals surface area contributed by atoms with Gasteiger partial charge in [-0.2, -0.15) is 0 Å². The second kappa shape index (κ2) is 3.90. The summed E-state index contributed by atoms with van der Waals surface area (Å²) in [5.41, 5.74) is 0.347. The van der Waals surface area contributed by atoms with Crippen molar-refractivity contribution in [3.05, 3.63) is 36.5 Å². The molecule has 1 aromatic carbocycles. The number of pyridine rings is 1. The highest BCUT2D eigenvalue weighted by molar-refractivity contribution is 7.90. The smallest absolute Gasteiger partial charge is 0.266 e. The summed E-state index contributed by atoms with van der Waals surface area (Å²) >= 11 is 0. The summed E-state index contributed by atoms with van der Waals surface area (Å²) in [5, 5.41) is 0.705. The Morgan fingerprint density at radius 2 is 1.94 bits per heavy atom. The molecule has 0 radical (unpaired) electrons. The molecule has 0 bridgehead atoms. The van der Waals surface area contributed by atoms with E-state index in [1.54, 1.807) is 29.0 Å². The summed E-state index contributed by atoms with van der Waals surface area (Å²) in [6.07, 6.45) is 1.64. The number of para-hydroxylation sites is 1. The molecular weight excluding hydrogens is 228 g/mol. The third kappa shape index (κ3) is 1.74. The van der Waals surface area contributed by atoms with Crippen LogP contribution >= 0.6 is 0 Å². The third-order valence-corrected chi connectivity index (χ3v) is 3.40. The van der Waals surface area contributed by atoms with Crippen LogP contribution in [0.2, 0.25) is 0 Å². The molecule has 0 atom stereocenters. The molecule has 1 amide bonds. The van der Waals surface area contributed by atoms with Gasteiger partial charge in [0.05, 0.1) is 5.52 Å².